The van der Waals surface area contributed by atoms with Gasteiger partial charge in [0.1, 0.15) is 6.54 Å². The number of aromatic nitrogens is 1. The Balaban J connectivity index is 1.29. The molecule has 2 atom stereocenters. The summed E-state index contributed by atoms with van der Waals surface area (Å²) >= 11 is 0. The molecule has 0 spiro atoms. The number of pyridine rings is 1. The lowest BCUT2D eigenvalue weighted by atomic mass is 9.83. The van der Waals surface area contributed by atoms with Gasteiger partial charge in [-0.1, -0.05) is 6.07 Å². The van der Waals surface area contributed by atoms with E-state index >= 15 is 0 Å². The van der Waals surface area contributed by atoms with Gasteiger partial charge < -0.3 is 24.0 Å². The predicted octanol–water partition coefficient (Wildman–Crippen LogP) is -0.00640. The molecule has 0 unspecified atom stereocenters. The van der Waals surface area contributed by atoms with Crippen LogP contribution < -0.4 is 5.56 Å². The fourth-order valence-electron chi connectivity index (χ4n) is 5.43. The van der Waals surface area contributed by atoms with Crippen LogP contribution in [0, 0.1) is 5.92 Å². The van der Waals surface area contributed by atoms with Gasteiger partial charge in [-0.15, -0.1) is 0 Å². The van der Waals surface area contributed by atoms with Crippen molar-refractivity contribution in [1.29, 1.82) is 0 Å². The number of hydrogen-bond donors (Lipinski definition) is 0. The molecular formula is C22H31N5O4. The minimum Gasteiger partial charge on any atom is -0.379 e. The third-order valence-electron chi connectivity index (χ3n) is 7.16. The summed E-state index contributed by atoms with van der Waals surface area (Å²) in [4.78, 5) is 45.7. The van der Waals surface area contributed by atoms with E-state index in [4.69, 9.17) is 4.74 Å². The van der Waals surface area contributed by atoms with E-state index in [-0.39, 0.29) is 35.9 Å². The number of hydrogen-bond acceptors (Lipinski definition) is 5. The highest BCUT2D eigenvalue weighted by Gasteiger charge is 2.38. The first-order chi connectivity index (χ1) is 15.0. The highest BCUT2D eigenvalue weighted by molar-refractivity contribution is 5.85. The van der Waals surface area contributed by atoms with E-state index in [1.54, 1.807) is 16.8 Å². The zero-order valence-corrected chi connectivity index (χ0v) is 18.2. The quantitative estimate of drug-likeness (QED) is 0.673. The summed E-state index contributed by atoms with van der Waals surface area (Å²) in [5, 5.41) is 0. The van der Waals surface area contributed by atoms with Crippen LogP contribution in [0.1, 0.15) is 23.6 Å². The molecule has 0 saturated carbocycles. The second kappa shape index (κ2) is 8.27. The van der Waals surface area contributed by atoms with Crippen LogP contribution in [0.2, 0.25) is 0 Å². The van der Waals surface area contributed by atoms with E-state index in [1.807, 2.05) is 15.5 Å². The van der Waals surface area contributed by atoms with Gasteiger partial charge in [0.05, 0.1) is 13.2 Å². The molecule has 0 radical (unpaired) electrons. The number of ether oxygens (including phenoxy) is 1. The standard InChI is InChI=1S/C22H31N5O4/c1-23-4-5-25(22(23)30)15-20(28)26-11-16-10-18(14-26)19-3-2-17(21(29)27(19)12-16)13-24-6-8-31-9-7-24/h2-3,16,18H,4-15H2,1H3/t16-,18+/m0/s1. The molecule has 31 heavy (non-hydrogen) atoms. The second-order valence-corrected chi connectivity index (χ2v) is 9.31. The lowest BCUT2D eigenvalue weighted by Gasteiger charge is -2.43. The zero-order chi connectivity index (χ0) is 21.5. The van der Waals surface area contributed by atoms with Gasteiger partial charge in [0.25, 0.3) is 5.56 Å². The van der Waals surface area contributed by atoms with Crippen LogP contribution >= 0.6 is 0 Å². The van der Waals surface area contributed by atoms with E-state index in [0.717, 1.165) is 44.0 Å². The van der Waals surface area contributed by atoms with Crippen molar-refractivity contribution in [2.45, 2.75) is 25.4 Å². The summed E-state index contributed by atoms with van der Waals surface area (Å²) in [5.41, 5.74) is 2.00. The first kappa shape index (κ1) is 20.5. The van der Waals surface area contributed by atoms with Crippen LogP contribution in [0.3, 0.4) is 0 Å². The zero-order valence-electron chi connectivity index (χ0n) is 18.2. The molecule has 5 heterocycles. The molecule has 0 aromatic carbocycles. The average molecular weight is 430 g/mol. The Bertz CT molecular complexity index is 925. The van der Waals surface area contributed by atoms with Crippen LogP contribution in [0.15, 0.2) is 16.9 Å². The maximum Gasteiger partial charge on any atom is 0.320 e. The normalized spacial score (nSPS) is 26.4. The topological polar surface area (TPSA) is 78.3 Å². The monoisotopic (exact) mass is 429 g/mol. The average Bonchev–Trinajstić information content (AvgIpc) is 3.09. The molecule has 168 valence electrons. The van der Waals surface area contributed by atoms with Crippen molar-refractivity contribution in [3.8, 4) is 0 Å². The Hall–Kier alpha value is -2.39. The number of rotatable bonds is 4. The largest absolute Gasteiger partial charge is 0.379 e. The number of fused-ring (bicyclic) bond motifs is 4. The molecule has 0 aliphatic carbocycles. The number of likely N-dealkylation sites (N-methyl/N-ethyl adjacent to an activating group) is 1. The molecule has 4 aliphatic rings. The highest BCUT2D eigenvalue weighted by Crippen LogP contribution is 2.35. The van der Waals surface area contributed by atoms with E-state index in [0.29, 0.717) is 39.3 Å². The van der Waals surface area contributed by atoms with Gasteiger partial charge in [-0.3, -0.25) is 14.5 Å². The number of carbonyl (C=O) groups excluding carboxylic acids is 2. The summed E-state index contributed by atoms with van der Waals surface area (Å²) in [7, 11) is 1.76. The molecule has 1 aromatic heterocycles. The van der Waals surface area contributed by atoms with Crippen LogP contribution in [0.25, 0.3) is 0 Å². The van der Waals surface area contributed by atoms with Crippen molar-refractivity contribution < 1.29 is 14.3 Å². The highest BCUT2D eigenvalue weighted by atomic mass is 16.5. The predicted molar refractivity (Wildman–Crippen MR) is 114 cm³/mol. The van der Waals surface area contributed by atoms with Crippen molar-refractivity contribution in [2.75, 3.05) is 66.1 Å². The number of carbonyl (C=O) groups is 2. The first-order valence-electron chi connectivity index (χ1n) is 11.3. The number of piperidine rings is 1. The Morgan fingerprint density at radius 1 is 1.06 bits per heavy atom. The molecule has 2 bridgehead atoms. The molecule has 1 aromatic rings. The SMILES string of the molecule is CN1CCN(CC(=O)N2C[C@@H]3C[C@H](C2)c2ccc(CN4CCOCC4)c(=O)n2C3)C1=O. The smallest absolute Gasteiger partial charge is 0.320 e. The van der Waals surface area contributed by atoms with E-state index < -0.39 is 0 Å². The van der Waals surface area contributed by atoms with E-state index in [1.165, 1.54) is 0 Å². The molecule has 3 saturated heterocycles. The molecule has 5 rings (SSSR count). The van der Waals surface area contributed by atoms with Crippen molar-refractivity contribution in [2.24, 2.45) is 5.92 Å². The lowest BCUT2D eigenvalue weighted by Crippen LogP contribution is -2.52. The maximum absolute atomic E-state index is 13.2. The number of nitrogens with zero attached hydrogens (tertiary/aromatic N) is 5. The van der Waals surface area contributed by atoms with Gasteiger partial charge in [-0.05, 0) is 18.4 Å². The van der Waals surface area contributed by atoms with Crippen LogP contribution in [0.4, 0.5) is 4.79 Å². The lowest BCUT2D eigenvalue weighted by molar-refractivity contribution is -0.134. The molecule has 0 N–H and O–H groups in total. The number of urea groups is 1. The number of likely N-dealkylation sites (tertiary alicyclic amines) is 1. The Morgan fingerprint density at radius 3 is 2.61 bits per heavy atom. The van der Waals surface area contributed by atoms with Gasteiger partial charge in [-0.25, -0.2) is 4.79 Å². The molecule has 9 heteroatoms. The summed E-state index contributed by atoms with van der Waals surface area (Å²) < 4.78 is 7.36. The molecule has 4 aliphatic heterocycles. The van der Waals surface area contributed by atoms with Gasteiger partial charge in [0.2, 0.25) is 5.91 Å². The van der Waals surface area contributed by atoms with Crippen LogP contribution in [-0.2, 0) is 22.6 Å². The van der Waals surface area contributed by atoms with Crippen molar-refractivity contribution in [3.63, 3.8) is 0 Å². The van der Waals surface area contributed by atoms with Gasteiger partial charge >= 0.3 is 6.03 Å². The van der Waals surface area contributed by atoms with E-state index in [9.17, 15) is 14.4 Å². The minimum atomic E-state index is -0.0738. The molecule has 9 nitrogen and oxygen atoms in total. The number of amides is 3. The maximum atomic E-state index is 13.2. The van der Waals surface area contributed by atoms with Crippen molar-refractivity contribution in [3.05, 3.63) is 33.7 Å². The molecule has 3 amide bonds. The Morgan fingerprint density at radius 2 is 1.87 bits per heavy atom. The fourth-order valence-corrected chi connectivity index (χ4v) is 5.43. The van der Waals surface area contributed by atoms with Crippen LogP contribution in [-0.4, -0.2) is 102 Å². The third-order valence-corrected chi connectivity index (χ3v) is 7.16. The molecular weight excluding hydrogens is 398 g/mol. The third kappa shape index (κ3) is 3.96. The fraction of sp³-hybridized carbons (Fsp3) is 0.682. The summed E-state index contributed by atoms with van der Waals surface area (Å²) in [5.74, 6) is 0.472. The summed E-state index contributed by atoms with van der Waals surface area (Å²) in [6, 6.07) is 3.99. The van der Waals surface area contributed by atoms with Gasteiger partial charge in [-0.2, -0.15) is 0 Å². The Kier molecular flexibility index (Phi) is 5.47. The Labute approximate surface area is 182 Å². The van der Waals surface area contributed by atoms with Gasteiger partial charge in [0.15, 0.2) is 0 Å². The van der Waals surface area contributed by atoms with Crippen LogP contribution in [0.5, 0.6) is 0 Å². The minimum absolute atomic E-state index is 0.0121. The first-order valence-corrected chi connectivity index (χ1v) is 11.3. The summed E-state index contributed by atoms with van der Waals surface area (Å²) in [6.07, 6.45) is 1.01. The summed E-state index contributed by atoms with van der Waals surface area (Å²) in [6.45, 7) is 7.19. The van der Waals surface area contributed by atoms with Crippen molar-refractivity contribution >= 4 is 11.9 Å². The second-order valence-electron chi connectivity index (χ2n) is 9.31. The number of morpholine rings is 1. The van der Waals surface area contributed by atoms with Crippen molar-refractivity contribution in [1.82, 2.24) is 24.2 Å². The van der Waals surface area contributed by atoms with E-state index in [2.05, 4.69) is 11.0 Å². The van der Waals surface area contributed by atoms with Gasteiger partial charge in [0, 0.05) is 76.6 Å². The molecule has 3 fully saturated rings.